The topological polar surface area (TPSA) is 71.5 Å². The molecule has 0 bridgehead atoms. The Labute approximate surface area is 134 Å². The predicted octanol–water partition coefficient (Wildman–Crippen LogP) is 4.20. The molecular formula is C14H10ClN3OS2. The van der Waals surface area contributed by atoms with Gasteiger partial charge in [-0.1, -0.05) is 40.7 Å². The van der Waals surface area contributed by atoms with Crippen LogP contribution in [0, 0.1) is 0 Å². The predicted molar refractivity (Wildman–Crippen MR) is 87.7 cm³/mol. The van der Waals surface area contributed by atoms with E-state index in [1.807, 2.05) is 30.3 Å². The van der Waals surface area contributed by atoms with Gasteiger partial charge in [0.1, 0.15) is 0 Å². The Morgan fingerprint density at radius 2 is 2.10 bits per heavy atom. The molecule has 0 aliphatic rings. The summed E-state index contributed by atoms with van der Waals surface area (Å²) in [4.78, 5) is 5.44. The van der Waals surface area contributed by atoms with E-state index in [1.165, 1.54) is 11.8 Å². The Kier molecular flexibility index (Phi) is 4.01. The lowest BCUT2D eigenvalue weighted by Crippen LogP contribution is -2.12. The van der Waals surface area contributed by atoms with Crippen molar-refractivity contribution in [3.8, 4) is 0 Å². The second-order valence-electron chi connectivity index (χ2n) is 4.18. The summed E-state index contributed by atoms with van der Waals surface area (Å²) in [5.41, 5.74) is 7.10. The second-order valence-corrected chi connectivity index (χ2v) is 6.91. The lowest BCUT2D eigenvalue weighted by Gasteiger charge is -2.04. The Bertz CT molecular complexity index is 799. The van der Waals surface area contributed by atoms with Gasteiger partial charge in [-0.2, -0.15) is 0 Å². The van der Waals surface area contributed by atoms with Gasteiger partial charge in [-0.05, 0) is 30.3 Å². The fourth-order valence-electron chi connectivity index (χ4n) is 1.79. The van der Waals surface area contributed by atoms with Crippen LogP contribution in [0.15, 0.2) is 56.9 Å². The fraction of sp³-hybridized carbons (Fsp3) is 0. The Hall–Kier alpha value is -1.76. The van der Waals surface area contributed by atoms with Gasteiger partial charge in [0.05, 0.1) is 15.2 Å². The maximum Gasteiger partial charge on any atom is 0.170 e. The quantitative estimate of drug-likeness (QED) is 0.326. The zero-order valence-electron chi connectivity index (χ0n) is 10.7. The van der Waals surface area contributed by atoms with E-state index in [9.17, 15) is 0 Å². The standard InChI is InChI=1S/C14H10ClN3OS2/c15-9-7-8(13(16)18-19)5-6-11(9)20-14-17-10-3-1-2-4-12(10)21-14/h1-7,19H,(H2,16,18). The third kappa shape index (κ3) is 2.97. The van der Waals surface area contributed by atoms with Crippen LogP contribution in [-0.4, -0.2) is 16.0 Å². The minimum atomic E-state index is 0.0356. The van der Waals surface area contributed by atoms with E-state index in [1.54, 1.807) is 23.5 Å². The molecule has 0 atom stereocenters. The van der Waals surface area contributed by atoms with E-state index in [2.05, 4.69) is 10.1 Å². The molecule has 106 valence electrons. The van der Waals surface area contributed by atoms with E-state index in [4.69, 9.17) is 22.5 Å². The molecule has 0 aliphatic heterocycles. The van der Waals surface area contributed by atoms with E-state index < -0.39 is 0 Å². The van der Waals surface area contributed by atoms with E-state index in [-0.39, 0.29) is 5.84 Å². The first kappa shape index (κ1) is 14.2. The highest BCUT2D eigenvalue weighted by Crippen LogP contribution is 2.37. The molecule has 3 rings (SSSR count). The number of hydrogen-bond donors (Lipinski definition) is 2. The van der Waals surface area contributed by atoms with Crippen LogP contribution in [0.25, 0.3) is 10.2 Å². The minimum absolute atomic E-state index is 0.0356. The first-order valence-corrected chi connectivity index (χ1v) is 7.99. The number of halogens is 1. The molecule has 0 aliphatic carbocycles. The van der Waals surface area contributed by atoms with Crippen LogP contribution < -0.4 is 5.73 Å². The van der Waals surface area contributed by atoms with Crippen LogP contribution in [0.5, 0.6) is 0 Å². The summed E-state index contributed by atoms with van der Waals surface area (Å²) in [6.07, 6.45) is 0. The molecule has 0 saturated carbocycles. The number of aromatic nitrogens is 1. The van der Waals surface area contributed by atoms with Crippen molar-refractivity contribution in [1.82, 2.24) is 4.98 Å². The molecule has 0 saturated heterocycles. The molecule has 7 heteroatoms. The van der Waals surface area contributed by atoms with Crippen molar-refractivity contribution in [2.75, 3.05) is 0 Å². The number of thiazole rings is 1. The fourth-order valence-corrected chi connectivity index (χ4v) is 4.11. The van der Waals surface area contributed by atoms with Gasteiger partial charge in [0.25, 0.3) is 0 Å². The largest absolute Gasteiger partial charge is 0.409 e. The van der Waals surface area contributed by atoms with Crippen molar-refractivity contribution in [2.24, 2.45) is 10.9 Å². The van der Waals surface area contributed by atoms with Gasteiger partial charge >= 0.3 is 0 Å². The Balaban J connectivity index is 1.91. The number of rotatable bonds is 3. The molecule has 0 fully saturated rings. The molecule has 3 aromatic rings. The summed E-state index contributed by atoms with van der Waals surface area (Å²) in [5, 5.41) is 12.2. The maximum atomic E-state index is 8.67. The molecule has 2 aromatic carbocycles. The third-order valence-corrected chi connectivity index (χ3v) is 5.40. The Morgan fingerprint density at radius 3 is 2.81 bits per heavy atom. The van der Waals surface area contributed by atoms with Gasteiger partial charge in [-0.25, -0.2) is 4.98 Å². The highest BCUT2D eigenvalue weighted by atomic mass is 35.5. The van der Waals surface area contributed by atoms with Crippen LogP contribution in [0.2, 0.25) is 5.02 Å². The van der Waals surface area contributed by atoms with E-state index >= 15 is 0 Å². The molecule has 3 N–H and O–H groups in total. The van der Waals surface area contributed by atoms with Crippen molar-refractivity contribution in [3.05, 3.63) is 53.1 Å². The zero-order chi connectivity index (χ0) is 14.8. The average Bonchev–Trinajstić information content (AvgIpc) is 2.90. The Morgan fingerprint density at radius 1 is 1.29 bits per heavy atom. The van der Waals surface area contributed by atoms with Gasteiger partial charge in [0.15, 0.2) is 10.2 Å². The van der Waals surface area contributed by atoms with Gasteiger partial charge in [-0.15, -0.1) is 11.3 Å². The normalized spacial score (nSPS) is 12.0. The zero-order valence-corrected chi connectivity index (χ0v) is 13.0. The van der Waals surface area contributed by atoms with Gasteiger partial charge < -0.3 is 10.9 Å². The lowest BCUT2D eigenvalue weighted by molar-refractivity contribution is 0.318. The highest BCUT2D eigenvalue weighted by Gasteiger charge is 2.10. The summed E-state index contributed by atoms with van der Waals surface area (Å²) >= 11 is 9.36. The lowest BCUT2D eigenvalue weighted by atomic mass is 10.2. The number of benzene rings is 2. The number of para-hydroxylation sites is 1. The highest BCUT2D eigenvalue weighted by molar-refractivity contribution is 8.01. The monoisotopic (exact) mass is 335 g/mol. The smallest absolute Gasteiger partial charge is 0.170 e. The van der Waals surface area contributed by atoms with Crippen LogP contribution in [0.4, 0.5) is 0 Å². The molecule has 21 heavy (non-hydrogen) atoms. The first-order chi connectivity index (χ1) is 10.2. The molecule has 0 amide bonds. The minimum Gasteiger partial charge on any atom is -0.409 e. The summed E-state index contributed by atoms with van der Waals surface area (Å²) in [6.45, 7) is 0. The average molecular weight is 336 g/mol. The van der Waals surface area contributed by atoms with E-state index in [0.717, 1.165) is 19.5 Å². The summed E-state index contributed by atoms with van der Waals surface area (Å²) in [5.74, 6) is 0.0356. The maximum absolute atomic E-state index is 8.67. The van der Waals surface area contributed by atoms with Crippen LogP contribution >= 0.6 is 34.7 Å². The molecule has 1 heterocycles. The van der Waals surface area contributed by atoms with Gasteiger partial charge in [-0.3, -0.25) is 0 Å². The number of fused-ring (bicyclic) bond motifs is 1. The second kappa shape index (κ2) is 5.93. The summed E-state index contributed by atoms with van der Waals surface area (Å²) < 4.78 is 2.07. The molecule has 0 radical (unpaired) electrons. The number of amidine groups is 1. The SMILES string of the molecule is NC(=NO)c1ccc(Sc2nc3ccccc3s2)c(Cl)c1. The number of nitrogens with two attached hydrogens (primary N) is 1. The van der Waals surface area contributed by atoms with Crippen molar-refractivity contribution >= 4 is 50.8 Å². The summed E-state index contributed by atoms with van der Waals surface area (Å²) in [6, 6.07) is 13.3. The molecule has 1 aromatic heterocycles. The molecule has 4 nitrogen and oxygen atoms in total. The van der Waals surface area contributed by atoms with Gasteiger partial charge in [0.2, 0.25) is 0 Å². The molecule has 0 spiro atoms. The van der Waals surface area contributed by atoms with Crippen LogP contribution in [0.3, 0.4) is 0 Å². The van der Waals surface area contributed by atoms with E-state index in [0.29, 0.717) is 10.6 Å². The third-order valence-electron chi connectivity index (χ3n) is 2.81. The number of hydrogen-bond acceptors (Lipinski definition) is 5. The van der Waals surface area contributed by atoms with Gasteiger partial charge in [0, 0.05) is 10.5 Å². The van der Waals surface area contributed by atoms with Crippen molar-refractivity contribution in [3.63, 3.8) is 0 Å². The summed E-state index contributed by atoms with van der Waals surface area (Å²) in [7, 11) is 0. The first-order valence-electron chi connectivity index (χ1n) is 5.98. The molecular weight excluding hydrogens is 326 g/mol. The number of nitrogens with zero attached hydrogens (tertiary/aromatic N) is 2. The van der Waals surface area contributed by atoms with Crippen LogP contribution in [0.1, 0.15) is 5.56 Å². The van der Waals surface area contributed by atoms with Crippen LogP contribution in [-0.2, 0) is 0 Å². The molecule has 0 unspecified atom stereocenters. The van der Waals surface area contributed by atoms with Crippen molar-refractivity contribution in [2.45, 2.75) is 9.24 Å². The van der Waals surface area contributed by atoms with Crippen molar-refractivity contribution < 1.29 is 5.21 Å². The number of oxime groups is 1. The van der Waals surface area contributed by atoms with Crippen molar-refractivity contribution in [1.29, 1.82) is 0 Å².